The Morgan fingerprint density at radius 1 is 0.963 bits per heavy atom. The standard InChI is InChI=1S/C21H28N2O4/c1-6-23(7-2)14-15-9-8-10-17(11-15)22-21(24)16-12-18(25-3)20(27-5)19(13-16)26-4/h8-13H,6-7,14H2,1-5H3,(H,22,24). The minimum atomic E-state index is -0.241. The fourth-order valence-electron chi connectivity index (χ4n) is 2.87. The fraction of sp³-hybridized carbons (Fsp3) is 0.381. The van der Waals surface area contributed by atoms with Crippen LogP contribution in [0, 0.1) is 0 Å². The molecule has 0 saturated heterocycles. The van der Waals surface area contributed by atoms with Gasteiger partial charge in [0.05, 0.1) is 21.3 Å². The monoisotopic (exact) mass is 372 g/mol. The van der Waals surface area contributed by atoms with E-state index in [1.807, 2.05) is 18.2 Å². The number of amides is 1. The summed E-state index contributed by atoms with van der Waals surface area (Å²) in [5.74, 6) is 1.10. The van der Waals surface area contributed by atoms with E-state index in [-0.39, 0.29) is 5.91 Å². The molecular formula is C21H28N2O4. The van der Waals surface area contributed by atoms with Gasteiger partial charge in [0, 0.05) is 17.8 Å². The van der Waals surface area contributed by atoms with Crippen LogP contribution < -0.4 is 19.5 Å². The Labute approximate surface area is 161 Å². The second-order valence-electron chi connectivity index (χ2n) is 6.03. The van der Waals surface area contributed by atoms with Gasteiger partial charge in [0.1, 0.15) is 0 Å². The van der Waals surface area contributed by atoms with Crippen molar-refractivity contribution >= 4 is 11.6 Å². The first-order valence-corrected chi connectivity index (χ1v) is 8.98. The molecule has 0 bridgehead atoms. The number of hydrogen-bond acceptors (Lipinski definition) is 5. The zero-order valence-electron chi connectivity index (χ0n) is 16.7. The molecule has 6 heteroatoms. The Morgan fingerprint density at radius 2 is 1.59 bits per heavy atom. The maximum atomic E-state index is 12.7. The number of hydrogen-bond donors (Lipinski definition) is 1. The highest BCUT2D eigenvalue weighted by atomic mass is 16.5. The third-order valence-corrected chi connectivity index (χ3v) is 4.41. The molecule has 0 aliphatic heterocycles. The largest absolute Gasteiger partial charge is 0.493 e. The summed E-state index contributed by atoms with van der Waals surface area (Å²) in [6, 6.07) is 11.2. The Balaban J connectivity index is 2.22. The first kappa shape index (κ1) is 20.6. The minimum Gasteiger partial charge on any atom is -0.493 e. The maximum Gasteiger partial charge on any atom is 0.255 e. The summed E-state index contributed by atoms with van der Waals surface area (Å²) in [6.45, 7) is 7.09. The van der Waals surface area contributed by atoms with E-state index >= 15 is 0 Å². The normalized spacial score (nSPS) is 10.6. The molecule has 0 radical (unpaired) electrons. The van der Waals surface area contributed by atoms with Gasteiger partial charge in [-0.3, -0.25) is 9.69 Å². The molecule has 2 aromatic carbocycles. The lowest BCUT2D eigenvalue weighted by atomic mass is 10.1. The van der Waals surface area contributed by atoms with Crippen LogP contribution in [0.1, 0.15) is 29.8 Å². The van der Waals surface area contributed by atoms with Gasteiger partial charge in [0.15, 0.2) is 11.5 Å². The van der Waals surface area contributed by atoms with E-state index in [2.05, 4.69) is 30.1 Å². The van der Waals surface area contributed by atoms with Crippen molar-refractivity contribution in [3.05, 3.63) is 47.5 Å². The molecule has 1 N–H and O–H groups in total. The molecule has 0 unspecified atom stereocenters. The highest BCUT2D eigenvalue weighted by Gasteiger charge is 2.17. The molecule has 6 nitrogen and oxygen atoms in total. The van der Waals surface area contributed by atoms with Crippen molar-refractivity contribution in [3.8, 4) is 17.2 Å². The quantitative estimate of drug-likeness (QED) is 0.725. The van der Waals surface area contributed by atoms with Crippen LogP contribution in [0.5, 0.6) is 17.2 Å². The van der Waals surface area contributed by atoms with E-state index in [4.69, 9.17) is 14.2 Å². The Bertz CT molecular complexity index is 748. The van der Waals surface area contributed by atoms with Crippen LogP contribution in [0.15, 0.2) is 36.4 Å². The van der Waals surface area contributed by atoms with E-state index in [0.29, 0.717) is 22.8 Å². The number of benzene rings is 2. The number of ether oxygens (including phenoxy) is 3. The third kappa shape index (κ3) is 5.14. The van der Waals surface area contributed by atoms with Crippen molar-refractivity contribution in [1.82, 2.24) is 4.90 Å². The second-order valence-corrected chi connectivity index (χ2v) is 6.03. The van der Waals surface area contributed by atoms with Gasteiger partial charge in [-0.2, -0.15) is 0 Å². The first-order chi connectivity index (χ1) is 13.1. The average Bonchev–Trinajstić information content (AvgIpc) is 2.70. The first-order valence-electron chi connectivity index (χ1n) is 8.98. The van der Waals surface area contributed by atoms with E-state index in [1.165, 1.54) is 21.3 Å². The van der Waals surface area contributed by atoms with Gasteiger partial charge < -0.3 is 19.5 Å². The summed E-state index contributed by atoms with van der Waals surface area (Å²) in [5, 5.41) is 2.94. The van der Waals surface area contributed by atoms with Crippen molar-refractivity contribution in [3.63, 3.8) is 0 Å². The number of carbonyl (C=O) groups excluding carboxylic acids is 1. The zero-order chi connectivity index (χ0) is 19.8. The Morgan fingerprint density at radius 3 is 2.11 bits per heavy atom. The van der Waals surface area contributed by atoms with Gasteiger partial charge in [0.25, 0.3) is 5.91 Å². The van der Waals surface area contributed by atoms with Crippen molar-refractivity contribution in [2.45, 2.75) is 20.4 Å². The van der Waals surface area contributed by atoms with Crippen molar-refractivity contribution in [2.75, 3.05) is 39.7 Å². The summed E-state index contributed by atoms with van der Waals surface area (Å²) >= 11 is 0. The van der Waals surface area contributed by atoms with Crippen LogP contribution in [0.3, 0.4) is 0 Å². The van der Waals surface area contributed by atoms with Crippen LogP contribution in [-0.2, 0) is 6.54 Å². The molecule has 1 amide bonds. The average molecular weight is 372 g/mol. The molecule has 27 heavy (non-hydrogen) atoms. The van der Waals surface area contributed by atoms with Gasteiger partial charge in [-0.15, -0.1) is 0 Å². The third-order valence-electron chi connectivity index (χ3n) is 4.41. The zero-order valence-corrected chi connectivity index (χ0v) is 16.7. The van der Waals surface area contributed by atoms with E-state index < -0.39 is 0 Å². The molecule has 2 aromatic rings. The predicted octanol–water partition coefficient (Wildman–Crippen LogP) is 3.81. The molecule has 0 aliphatic carbocycles. The second kappa shape index (κ2) is 9.83. The highest BCUT2D eigenvalue weighted by molar-refractivity contribution is 6.05. The molecule has 0 aliphatic rings. The smallest absolute Gasteiger partial charge is 0.255 e. The molecule has 0 aromatic heterocycles. The van der Waals surface area contributed by atoms with Gasteiger partial charge >= 0.3 is 0 Å². The number of carbonyl (C=O) groups is 1. The van der Waals surface area contributed by atoms with Gasteiger partial charge in [-0.05, 0) is 42.9 Å². The van der Waals surface area contributed by atoms with Crippen LogP contribution in [0.25, 0.3) is 0 Å². The molecule has 0 atom stereocenters. The number of nitrogens with one attached hydrogen (secondary N) is 1. The fourth-order valence-corrected chi connectivity index (χ4v) is 2.87. The molecular weight excluding hydrogens is 344 g/mol. The van der Waals surface area contributed by atoms with Crippen LogP contribution in [0.4, 0.5) is 5.69 Å². The van der Waals surface area contributed by atoms with Crippen LogP contribution in [-0.4, -0.2) is 45.2 Å². The van der Waals surface area contributed by atoms with Gasteiger partial charge in [0.2, 0.25) is 5.75 Å². The van der Waals surface area contributed by atoms with Gasteiger partial charge in [-0.1, -0.05) is 26.0 Å². The lowest BCUT2D eigenvalue weighted by molar-refractivity contribution is 0.102. The van der Waals surface area contributed by atoms with E-state index in [1.54, 1.807) is 12.1 Å². The lowest BCUT2D eigenvalue weighted by Crippen LogP contribution is -2.22. The minimum absolute atomic E-state index is 0.241. The Hall–Kier alpha value is -2.73. The maximum absolute atomic E-state index is 12.7. The summed E-state index contributed by atoms with van der Waals surface area (Å²) in [4.78, 5) is 15.0. The lowest BCUT2D eigenvalue weighted by Gasteiger charge is -2.18. The van der Waals surface area contributed by atoms with Crippen molar-refractivity contribution in [1.29, 1.82) is 0 Å². The number of methoxy groups -OCH3 is 3. The molecule has 0 heterocycles. The molecule has 0 spiro atoms. The summed E-state index contributed by atoms with van der Waals surface area (Å²) in [5.41, 5.74) is 2.33. The molecule has 146 valence electrons. The van der Waals surface area contributed by atoms with Gasteiger partial charge in [-0.25, -0.2) is 0 Å². The Kier molecular flexibility index (Phi) is 7.49. The molecule has 2 rings (SSSR count). The number of rotatable bonds is 9. The van der Waals surface area contributed by atoms with Crippen molar-refractivity contribution < 1.29 is 19.0 Å². The SMILES string of the molecule is CCN(CC)Cc1cccc(NC(=O)c2cc(OC)c(OC)c(OC)c2)c1. The summed E-state index contributed by atoms with van der Waals surface area (Å²) in [7, 11) is 4.58. The molecule has 0 saturated carbocycles. The summed E-state index contributed by atoms with van der Waals surface area (Å²) in [6.07, 6.45) is 0. The van der Waals surface area contributed by atoms with Crippen LogP contribution >= 0.6 is 0 Å². The van der Waals surface area contributed by atoms with E-state index in [0.717, 1.165) is 30.9 Å². The van der Waals surface area contributed by atoms with Crippen LogP contribution in [0.2, 0.25) is 0 Å². The number of anilines is 1. The van der Waals surface area contributed by atoms with Crippen molar-refractivity contribution in [2.24, 2.45) is 0 Å². The predicted molar refractivity (Wildman–Crippen MR) is 107 cm³/mol. The number of nitrogens with zero attached hydrogens (tertiary/aromatic N) is 1. The van der Waals surface area contributed by atoms with E-state index in [9.17, 15) is 4.79 Å². The summed E-state index contributed by atoms with van der Waals surface area (Å²) < 4.78 is 15.9. The topological polar surface area (TPSA) is 60.0 Å². The molecule has 0 fully saturated rings. The highest BCUT2D eigenvalue weighted by Crippen LogP contribution is 2.38.